The minimum Gasteiger partial charge on any atom is -0.314 e. The van der Waals surface area contributed by atoms with Gasteiger partial charge < -0.3 is 4.57 Å². The van der Waals surface area contributed by atoms with Crippen molar-refractivity contribution < 1.29 is 4.79 Å². The lowest BCUT2D eigenvalue weighted by atomic mass is 10.0. The van der Waals surface area contributed by atoms with Crippen LogP contribution in [0.1, 0.15) is 35.8 Å². The minimum absolute atomic E-state index is 0.120. The molecule has 100 valence electrons. The second kappa shape index (κ2) is 6.34. The van der Waals surface area contributed by atoms with Crippen LogP contribution in [0.2, 0.25) is 0 Å². The number of Topliss-reactive ketones (excluding diaryl/α,β-unsaturated/α-hetero) is 1. The Hall–Kier alpha value is -0.440. The van der Waals surface area contributed by atoms with Crippen molar-refractivity contribution in [3.05, 3.63) is 49.1 Å². The van der Waals surface area contributed by atoms with Gasteiger partial charge >= 0.3 is 0 Å². The Morgan fingerprint density at radius 1 is 1.32 bits per heavy atom. The van der Waals surface area contributed by atoms with Gasteiger partial charge in [-0.05, 0) is 64.1 Å². The maximum absolute atomic E-state index is 12.5. The van der Waals surface area contributed by atoms with Crippen LogP contribution in [-0.4, -0.2) is 15.3 Å². The molecule has 0 aliphatic rings. The van der Waals surface area contributed by atoms with E-state index in [-0.39, 0.29) is 11.8 Å². The molecule has 0 saturated carbocycles. The fraction of sp³-hybridized carbons (Fsp3) is 0.286. The highest BCUT2D eigenvalue weighted by molar-refractivity contribution is 14.1. The maximum atomic E-state index is 12.5. The monoisotopic (exact) mass is 480 g/mol. The van der Waals surface area contributed by atoms with Gasteiger partial charge in [-0.3, -0.25) is 4.79 Å². The smallest absolute Gasteiger partial charge is 0.185 e. The zero-order valence-electron chi connectivity index (χ0n) is 10.7. The molecule has 0 saturated heterocycles. The summed E-state index contributed by atoms with van der Waals surface area (Å²) < 4.78 is 3.85. The molecule has 1 aromatic carbocycles. The van der Waals surface area contributed by atoms with Crippen LogP contribution in [0.5, 0.6) is 0 Å². The van der Waals surface area contributed by atoms with Gasteiger partial charge in [0, 0.05) is 5.56 Å². The average molecular weight is 480 g/mol. The van der Waals surface area contributed by atoms with E-state index in [9.17, 15) is 4.79 Å². The van der Waals surface area contributed by atoms with Crippen molar-refractivity contribution >= 4 is 51.0 Å². The molecular weight excluding hydrogens is 466 g/mol. The van der Waals surface area contributed by atoms with Gasteiger partial charge in [-0.2, -0.15) is 0 Å². The van der Waals surface area contributed by atoms with E-state index in [0.717, 1.165) is 19.4 Å². The van der Waals surface area contributed by atoms with E-state index >= 15 is 0 Å². The maximum Gasteiger partial charge on any atom is 0.185 e. The van der Waals surface area contributed by atoms with Crippen LogP contribution in [0.4, 0.5) is 0 Å². The summed E-state index contributed by atoms with van der Waals surface area (Å²) in [5, 5.41) is 0. The largest absolute Gasteiger partial charge is 0.314 e. The zero-order chi connectivity index (χ0) is 14.0. The van der Waals surface area contributed by atoms with Crippen molar-refractivity contribution in [1.29, 1.82) is 0 Å². The first-order valence-corrected chi connectivity index (χ1v) is 8.21. The lowest BCUT2D eigenvalue weighted by molar-refractivity contribution is 0.0933. The quantitative estimate of drug-likeness (QED) is 0.489. The van der Waals surface area contributed by atoms with Gasteiger partial charge in [-0.1, -0.05) is 31.2 Å². The molecule has 1 atom stereocenters. The Bertz CT molecular complexity index is 590. The van der Waals surface area contributed by atoms with Crippen LogP contribution in [0.3, 0.4) is 0 Å². The van der Waals surface area contributed by atoms with Crippen molar-refractivity contribution in [2.45, 2.75) is 26.3 Å². The molecule has 0 N–H and O–H groups in total. The van der Waals surface area contributed by atoms with Crippen molar-refractivity contribution in [1.82, 2.24) is 9.55 Å². The third kappa shape index (κ3) is 3.18. The lowest BCUT2D eigenvalue weighted by Gasteiger charge is -2.13. The van der Waals surface area contributed by atoms with Gasteiger partial charge in [-0.15, -0.1) is 0 Å². The molecule has 0 bridgehead atoms. The first-order valence-electron chi connectivity index (χ1n) is 6.05. The molecular formula is C14H14I2N2O. The highest BCUT2D eigenvalue weighted by atomic mass is 127. The summed E-state index contributed by atoms with van der Waals surface area (Å²) >= 11 is 4.40. The number of nitrogens with zero attached hydrogens (tertiary/aromatic N) is 2. The standard InChI is InChI=1S/C14H14I2N2O/c1-3-10-4-6-11(7-5-10)12(19)9(2)18-8-17-13(15)14(18)16/h4-9H,3H2,1-2H3. The van der Waals surface area contributed by atoms with Gasteiger partial charge in [0.05, 0.1) is 12.4 Å². The Kier molecular flexibility index (Phi) is 4.99. The van der Waals surface area contributed by atoms with E-state index in [1.54, 1.807) is 6.33 Å². The molecule has 0 radical (unpaired) electrons. The summed E-state index contributed by atoms with van der Waals surface area (Å²) in [6.07, 6.45) is 2.72. The summed E-state index contributed by atoms with van der Waals surface area (Å²) in [5.74, 6) is 0.120. The number of carbonyl (C=O) groups excluding carboxylic acids is 1. The van der Waals surface area contributed by atoms with Crippen LogP contribution >= 0.6 is 45.2 Å². The number of benzene rings is 1. The summed E-state index contributed by atoms with van der Waals surface area (Å²) in [6, 6.07) is 7.62. The van der Waals surface area contributed by atoms with Crippen LogP contribution in [0.25, 0.3) is 0 Å². The fourth-order valence-corrected chi connectivity index (χ4v) is 2.95. The third-order valence-corrected chi connectivity index (χ3v) is 6.03. The predicted octanol–water partition coefficient (Wildman–Crippen LogP) is 4.10. The van der Waals surface area contributed by atoms with Gasteiger partial charge in [0.25, 0.3) is 0 Å². The molecule has 0 fully saturated rings. The minimum atomic E-state index is -0.226. The number of ketones is 1. The Morgan fingerprint density at radius 3 is 2.42 bits per heavy atom. The van der Waals surface area contributed by atoms with E-state index in [4.69, 9.17) is 0 Å². The zero-order valence-corrected chi connectivity index (χ0v) is 15.0. The van der Waals surface area contributed by atoms with Crippen molar-refractivity contribution in [2.75, 3.05) is 0 Å². The van der Waals surface area contributed by atoms with Crippen LogP contribution in [0.15, 0.2) is 30.6 Å². The lowest BCUT2D eigenvalue weighted by Crippen LogP contribution is -2.17. The Morgan fingerprint density at radius 2 is 1.95 bits per heavy atom. The van der Waals surface area contributed by atoms with Gasteiger partial charge in [-0.25, -0.2) is 4.98 Å². The molecule has 0 aliphatic carbocycles. The Balaban J connectivity index is 2.25. The second-order valence-electron chi connectivity index (χ2n) is 4.32. The second-order valence-corrected chi connectivity index (χ2v) is 6.37. The number of imidazole rings is 1. The van der Waals surface area contributed by atoms with Crippen molar-refractivity contribution in [2.24, 2.45) is 0 Å². The average Bonchev–Trinajstić information content (AvgIpc) is 2.77. The number of hydrogen-bond donors (Lipinski definition) is 0. The molecule has 0 aliphatic heterocycles. The molecule has 1 heterocycles. The van der Waals surface area contributed by atoms with E-state index < -0.39 is 0 Å². The highest BCUT2D eigenvalue weighted by Crippen LogP contribution is 2.21. The summed E-state index contributed by atoms with van der Waals surface area (Å²) in [5.41, 5.74) is 2.00. The fourth-order valence-electron chi connectivity index (χ4n) is 1.87. The van der Waals surface area contributed by atoms with E-state index in [0.29, 0.717) is 0 Å². The van der Waals surface area contributed by atoms with Crippen LogP contribution in [0, 0.1) is 7.40 Å². The van der Waals surface area contributed by atoms with Crippen molar-refractivity contribution in [3.63, 3.8) is 0 Å². The number of rotatable bonds is 4. The third-order valence-electron chi connectivity index (χ3n) is 3.14. The highest BCUT2D eigenvalue weighted by Gasteiger charge is 2.19. The summed E-state index contributed by atoms with van der Waals surface area (Å²) in [6.45, 7) is 4.02. The summed E-state index contributed by atoms with van der Waals surface area (Å²) in [7, 11) is 0. The first kappa shape index (κ1) is 15.0. The van der Waals surface area contributed by atoms with Crippen molar-refractivity contribution in [3.8, 4) is 0 Å². The Labute approximate surface area is 140 Å². The molecule has 3 nitrogen and oxygen atoms in total. The first-order chi connectivity index (χ1) is 9.04. The molecule has 2 rings (SSSR count). The number of carbonyl (C=O) groups is 1. The predicted molar refractivity (Wildman–Crippen MR) is 92.5 cm³/mol. The number of aromatic nitrogens is 2. The van der Waals surface area contributed by atoms with E-state index in [2.05, 4.69) is 57.1 Å². The van der Waals surface area contributed by atoms with Gasteiger partial charge in [0.2, 0.25) is 0 Å². The molecule has 5 heteroatoms. The number of halogens is 2. The topological polar surface area (TPSA) is 34.9 Å². The van der Waals surface area contributed by atoms with E-state index in [1.807, 2.05) is 35.8 Å². The van der Waals surface area contributed by atoms with E-state index in [1.165, 1.54) is 5.56 Å². The molecule has 0 spiro atoms. The molecule has 19 heavy (non-hydrogen) atoms. The number of aryl methyl sites for hydroxylation is 1. The van der Waals surface area contributed by atoms with Gasteiger partial charge in [0.1, 0.15) is 7.40 Å². The normalized spacial score (nSPS) is 12.4. The van der Waals surface area contributed by atoms with Crippen LogP contribution < -0.4 is 0 Å². The molecule has 0 amide bonds. The molecule has 1 unspecified atom stereocenters. The molecule has 2 aromatic rings. The molecule has 1 aromatic heterocycles. The SMILES string of the molecule is CCc1ccc(C(=O)C(C)n2cnc(I)c2I)cc1. The van der Waals surface area contributed by atoms with Crippen LogP contribution in [-0.2, 0) is 6.42 Å². The number of hydrogen-bond acceptors (Lipinski definition) is 2. The summed E-state index contributed by atoms with van der Waals surface area (Å²) in [4.78, 5) is 16.7. The van der Waals surface area contributed by atoms with Gasteiger partial charge in [0.15, 0.2) is 5.78 Å².